The molecule has 0 aromatic heterocycles. The van der Waals surface area contributed by atoms with Gasteiger partial charge in [0, 0.05) is 11.8 Å². The summed E-state index contributed by atoms with van der Waals surface area (Å²) in [6.07, 6.45) is 7.01. The van der Waals surface area contributed by atoms with Crippen LogP contribution in [0, 0.1) is 5.92 Å². The minimum atomic E-state index is -3.40. The van der Waals surface area contributed by atoms with Crippen molar-refractivity contribution in [3.63, 3.8) is 0 Å². The smallest absolute Gasteiger partial charge is 0.395 e. The molecule has 3 atom stereocenters. The third-order valence-electron chi connectivity index (χ3n) is 4.25. The van der Waals surface area contributed by atoms with Crippen LogP contribution in [0.4, 0.5) is 0 Å². The van der Waals surface area contributed by atoms with Gasteiger partial charge in [0.1, 0.15) is 6.10 Å². The van der Waals surface area contributed by atoms with Gasteiger partial charge in [0.05, 0.1) is 13.2 Å². The molecule has 124 valence electrons. The Labute approximate surface area is 137 Å². The molecule has 23 heavy (non-hydrogen) atoms. The molecule has 0 unspecified atom stereocenters. The van der Waals surface area contributed by atoms with Crippen LogP contribution in [0.15, 0.2) is 54.1 Å². The Balaban J connectivity index is 1.99. The first-order valence-corrected chi connectivity index (χ1v) is 9.72. The van der Waals surface area contributed by atoms with Crippen LogP contribution in [-0.4, -0.2) is 19.3 Å². The molecular weight excluding hydrogens is 311 g/mol. The minimum absolute atomic E-state index is 0.0746. The molecule has 0 radical (unpaired) electrons. The standard InChI is InChI=1S/C18H23O4P/c1-3-20-23(19,21-4-2)18-13-16(14-9-6-5-7-10-14)15-11-8-12-17(15)22-18/h5-10,12-13,15-17H,3-4,11H2,1-2H3/t15-,16+,17+/m0/s1. The topological polar surface area (TPSA) is 44.8 Å². The average Bonchev–Trinajstić information content (AvgIpc) is 3.04. The molecule has 0 saturated carbocycles. The molecule has 0 saturated heterocycles. The number of hydrogen-bond donors (Lipinski definition) is 0. The lowest BCUT2D eigenvalue weighted by Gasteiger charge is -2.35. The molecule has 1 aromatic rings. The van der Waals surface area contributed by atoms with Gasteiger partial charge in [-0.25, -0.2) is 0 Å². The van der Waals surface area contributed by atoms with E-state index in [-0.39, 0.29) is 12.0 Å². The highest BCUT2D eigenvalue weighted by atomic mass is 31.2. The lowest BCUT2D eigenvalue weighted by Crippen LogP contribution is -2.28. The molecule has 1 aromatic carbocycles. The van der Waals surface area contributed by atoms with E-state index in [1.165, 1.54) is 5.56 Å². The van der Waals surface area contributed by atoms with Crippen LogP contribution in [0.3, 0.4) is 0 Å². The Morgan fingerprint density at radius 2 is 1.87 bits per heavy atom. The zero-order valence-electron chi connectivity index (χ0n) is 13.6. The number of fused-ring (bicyclic) bond motifs is 1. The van der Waals surface area contributed by atoms with Crippen LogP contribution in [0.25, 0.3) is 0 Å². The number of benzene rings is 1. The van der Waals surface area contributed by atoms with Crippen molar-refractivity contribution in [1.82, 2.24) is 0 Å². The average molecular weight is 334 g/mol. The van der Waals surface area contributed by atoms with Crippen molar-refractivity contribution in [1.29, 1.82) is 0 Å². The monoisotopic (exact) mass is 334 g/mol. The second-order valence-corrected chi connectivity index (χ2v) is 7.64. The third kappa shape index (κ3) is 3.30. The van der Waals surface area contributed by atoms with E-state index in [2.05, 4.69) is 24.3 Å². The van der Waals surface area contributed by atoms with Crippen molar-refractivity contribution in [2.24, 2.45) is 5.92 Å². The summed E-state index contributed by atoms with van der Waals surface area (Å²) in [5, 5.41) is 0. The molecule has 1 heterocycles. The predicted octanol–water partition coefficient (Wildman–Crippen LogP) is 4.85. The maximum Gasteiger partial charge on any atom is 0.395 e. The van der Waals surface area contributed by atoms with Gasteiger partial charge in [0.2, 0.25) is 5.50 Å². The number of allylic oxidation sites excluding steroid dienone is 2. The molecule has 0 bridgehead atoms. The molecule has 2 aliphatic rings. The third-order valence-corrected chi connectivity index (χ3v) is 6.24. The van der Waals surface area contributed by atoms with E-state index >= 15 is 0 Å². The van der Waals surface area contributed by atoms with E-state index in [1.54, 1.807) is 0 Å². The van der Waals surface area contributed by atoms with Gasteiger partial charge in [0.15, 0.2) is 0 Å². The van der Waals surface area contributed by atoms with Gasteiger partial charge in [-0.3, -0.25) is 4.57 Å². The van der Waals surface area contributed by atoms with Crippen LogP contribution >= 0.6 is 7.60 Å². The minimum Gasteiger partial charge on any atom is -0.478 e. The largest absolute Gasteiger partial charge is 0.478 e. The fourth-order valence-corrected chi connectivity index (χ4v) is 4.86. The molecule has 0 fully saturated rings. The first-order chi connectivity index (χ1) is 11.2. The van der Waals surface area contributed by atoms with Crippen LogP contribution in [-0.2, 0) is 18.3 Å². The summed E-state index contributed by atoms with van der Waals surface area (Å²) < 4.78 is 30.0. The molecule has 3 rings (SSSR count). The Bertz CT molecular complexity index is 628. The summed E-state index contributed by atoms with van der Waals surface area (Å²) in [5.74, 6) is 0.479. The highest BCUT2D eigenvalue weighted by molar-refractivity contribution is 7.58. The first kappa shape index (κ1) is 16.5. The van der Waals surface area contributed by atoms with Gasteiger partial charge in [-0.2, -0.15) is 0 Å². The van der Waals surface area contributed by atoms with Gasteiger partial charge in [0.25, 0.3) is 0 Å². The van der Waals surface area contributed by atoms with Crippen LogP contribution in [0.1, 0.15) is 31.7 Å². The fourth-order valence-electron chi connectivity index (χ4n) is 3.26. The van der Waals surface area contributed by atoms with Crippen molar-refractivity contribution in [2.75, 3.05) is 13.2 Å². The molecule has 1 aliphatic heterocycles. The summed E-state index contributed by atoms with van der Waals surface area (Å²) in [5.41, 5.74) is 1.55. The zero-order valence-corrected chi connectivity index (χ0v) is 14.4. The number of ether oxygens (including phenoxy) is 1. The Hall–Kier alpha value is -1.35. The van der Waals surface area contributed by atoms with Crippen LogP contribution in [0.5, 0.6) is 0 Å². The Morgan fingerprint density at radius 3 is 2.52 bits per heavy atom. The van der Waals surface area contributed by atoms with E-state index in [4.69, 9.17) is 13.8 Å². The maximum atomic E-state index is 13.1. The van der Waals surface area contributed by atoms with E-state index < -0.39 is 7.60 Å². The molecule has 0 amide bonds. The van der Waals surface area contributed by atoms with Gasteiger partial charge in [-0.05, 0) is 38.0 Å². The van der Waals surface area contributed by atoms with Gasteiger partial charge >= 0.3 is 7.60 Å². The molecular formula is C18H23O4P. The maximum absolute atomic E-state index is 13.1. The predicted molar refractivity (Wildman–Crippen MR) is 90.2 cm³/mol. The second kappa shape index (κ2) is 7.04. The van der Waals surface area contributed by atoms with E-state index in [1.807, 2.05) is 38.1 Å². The number of rotatable bonds is 6. The van der Waals surface area contributed by atoms with Crippen LogP contribution < -0.4 is 0 Å². The highest BCUT2D eigenvalue weighted by Gasteiger charge is 2.43. The molecule has 4 nitrogen and oxygen atoms in total. The normalized spacial score (nSPS) is 26.5. The van der Waals surface area contributed by atoms with Crippen molar-refractivity contribution in [3.05, 3.63) is 59.6 Å². The fraction of sp³-hybridized carbons (Fsp3) is 0.444. The highest BCUT2D eigenvalue weighted by Crippen LogP contribution is 2.60. The SMILES string of the molecule is CCOP(=O)(OCC)C1=C[C@H](c2ccccc2)[C@@H]2CC=C[C@H]2O1. The van der Waals surface area contributed by atoms with Gasteiger partial charge in [-0.1, -0.05) is 36.4 Å². The summed E-state index contributed by atoms with van der Waals surface area (Å²) in [7, 11) is -3.40. The van der Waals surface area contributed by atoms with E-state index in [0.717, 1.165) is 6.42 Å². The van der Waals surface area contributed by atoms with Crippen LogP contribution in [0.2, 0.25) is 0 Å². The van der Waals surface area contributed by atoms with Crippen molar-refractivity contribution >= 4 is 7.60 Å². The lowest BCUT2D eigenvalue weighted by molar-refractivity contribution is 0.0861. The first-order valence-electron chi connectivity index (χ1n) is 8.17. The van der Waals surface area contributed by atoms with Crippen molar-refractivity contribution in [3.8, 4) is 0 Å². The van der Waals surface area contributed by atoms with Gasteiger partial charge in [-0.15, -0.1) is 0 Å². The molecule has 0 N–H and O–H groups in total. The molecule has 5 heteroatoms. The molecule has 0 spiro atoms. The Morgan fingerprint density at radius 1 is 1.17 bits per heavy atom. The second-order valence-electron chi connectivity index (χ2n) is 5.68. The van der Waals surface area contributed by atoms with Crippen molar-refractivity contribution in [2.45, 2.75) is 32.3 Å². The Kier molecular flexibility index (Phi) is 5.05. The summed E-state index contributed by atoms with van der Waals surface area (Å²) in [6.45, 7) is 4.25. The quantitative estimate of drug-likeness (QED) is 0.551. The van der Waals surface area contributed by atoms with E-state index in [9.17, 15) is 4.57 Å². The zero-order chi connectivity index (χ0) is 16.3. The molecule has 1 aliphatic carbocycles. The van der Waals surface area contributed by atoms with Crippen molar-refractivity contribution < 1.29 is 18.3 Å². The lowest BCUT2D eigenvalue weighted by atomic mass is 9.82. The summed E-state index contributed by atoms with van der Waals surface area (Å²) in [6, 6.07) is 10.3. The number of hydrogen-bond acceptors (Lipinski definition) is 4. The summed E-state index contributed by atoms with van der Waals surface area (Å²) in [4.78, 5) is 0. The summed E-state index contributed by atoms with van der Waals surface area (Å²) >= 11 is 0. The van der Waals surface area contributed by atoms with Gasteiger partial charge < -0.3 is 13.8 Å². The van der Waals surface area contributed by atoms with E-state index in [0.29, 0.717) is 24.6 Å².